The highest BCUT2D eigenvalue weighted by molar-refractivity contribution is 7.16. The Morgan fingerprint density at radius 3 is 2.38 bits per heavy atom. The molecule has 0 spiro atoms. The molecule has 0 saturated carbocycles. The Labute approximate surface area is 121 Å². The van der Waals surface area contributed by atoms with Crippen LogP contribution < -0.4 is 15.4 Å². The van der Waals surface area contributed by atoms with Gasteiger partial charge < -0.3 is 4.57 Å². The van der Waals surface area contributed by atoms with Crippen LogP contribution in [-0.4, -0.2) is 28.1 Å². The summed E-state index contributed by atoms with van der Waals surface area (Å²) in [6.07, 6.45) is 0. The topological polar surface area (TPSA) is 105 Å². The highest BCUT2D eigenvalue weighted by atomic mass is 32.1. The van der Waals surface area contributed by atoms with E-state index in [4.69, 9.17) is 0 Å². The zero-order valence-corrected chi connectivity index (χ0v) is 11.6. The van der Waals surface area contributed by atoms with Crippen molar-refractivity contribution in [3.8, 4) is 0 Å². The molecule has 1 aromatic carbocycles. The van der Waals surface area contributed by atoms with Gasteiger partial charge >= 0.3 is 6.03 Å². The number of para-hydroxylation sites is 1. The van der Waals surface area contributed by atoms with Gasteiger partial charge in [-0.25, -0.2) is 4.79 Å². The molecule has 0 aliphatic carbocycles. The van der Waals surface area contributed by atoms with Crippen LogP contribution in [0.3, 0.4) is 0 Å². The summed E-state index contributed by atoms with van der Waals surface area (Å²) in [7, 11) is 1.81. The number of fused-ring (bicyclic) bond motifs is 1. The number of hydrogen-bond donors (Lipinski definition) is 2. The van der Waals surface area contributed by atoms with Gasteiger partial charge in [0.25, 0.3) is 11.8 Å². The summed E-state index contributed by atoms with van der Waals surface area (Å²) in [6, 6.07) is 6.80. The largest absolute Gasteiger partial charge is 0.328 e. The van der Waals surface area contributed by atoms with Crippen LogP contribution in [0.1, 0.15) is 0 Å². The van der Waals surface area contributed by atoms with E-state index in [0.29, 0.717) is 4.80 Å². The Kier molecular flexibility index (Phi) is 3.10. The average molecular weight is 303 g/mol. The van der Waals surface area contributed by atoms with Crippen LogP contribution in [0, 0.1) is 0 Å². The predicted octanol–water partition coefficient (Wildman–Crippen LogP) is -0.138. The molecule has 2 heterocycles. The minimum atomic E-state index is -0.865. The van der Waals surface area contributed by atoms with E-state index in [9.17, 15) is 14.4 Å². The maximum Gasteiger partial charge on any atom is 0.328 e. The molecule has 0 radical (unpaired) electrons. The van der Waals surface area contributed by atoms with Crippen molar-refractivity contribution in [2.75, 3.05) is 0 Å². The number of barbiturate groups is 1. The fourth-order valence-electron chi connectivity index (χ4n) is 1.82. The second-order valence-corrected chi connectivity index (χ2v) is 5.21. The van der Waals surface area contributed by atoms with Crippen molar-refractivity contribution in [3.63, 3.8) is 0 Å². The van der Waals surface area contributed by atoms with Crippen LogP contribution in [0.4, 0.5) is 4.79 Å². The summed E-state index contributed by atoms with van der Waals surface area (Å²) < 4.78 is 2.81. The lowest BCUT2D eigenvalue weighted by Gasteiger charge is -2.11. The van der Waals surface area contributed by atoms with Crippen LogP contribution in [0.15, 0.2) is 34.5 Å². The van der Waals surface area contributed by atoms with Crippen molar-refractivity contribution >= 4 is 45.1 Å². The molecule has 21 heavy (non-hydrogen) atoms. The quantitative estimate of drug-likeness (QED) is 0.716. The Morgan fingerprint density at radius 1 is 1.05 bits per heavy atom. The van der Waals surface area contributed by atoms with E-state index in [0.717, 1.165) is 10.2 Å². The van der Waals surface area contributed by atoms with Crippen LogP contribution in [-0.2, 0) is 16.6 Å². The number of nitrogens with zero attached hydrogens (tertiary/aromatic N) is 3. The maximum absolute atomic E-state index is 11.5. The number of rotatable bonds is 1. The molecule has 0 unspecified atom stereocenters. The van der Waals surface area contributed by atoms with Gasteiger partial charge in [0.15, 0.2) is 0 Å². The third kappa shape index (κ3) is 2.34. The first-order valence-electron chi connectivity index (χ1n) is 5.89. The second-order valence-electron chi connectivity index (χ2n) is 4.20. The van der Waals surface area contributed by atoms with Crippen molar-refractivity contribution in [3.05, 3.63) is 29.1 Å². The number of carbonyl (C=O) groups is 3. The number of benzene rings is 1. The summed E-state index contributed by atoms with van der Waals surface area (Å²) in [5.74, 6) is -1.73. The molecule has 106 valence electrons. The van der Waals surface area contributed by atoms with Crippen LogP contribution in [0.25, 0.3) is 10.2 Å². The van der Waals surface area contributed by atoms with E-state index in [1.54, 1.807) is 4.57 Å². The van der Waals surface area contributed by atoms with Crippen molar-refractivity contribution < 1.29 is 14.4 Å². The van der Waals surface area contributed by atoms with E-state index in [2.05, 4.69) is 10.2 Å². The van der Waals surface area contributed by atoms with Crippen molar-refractivity contribution in [1.82, 2.24) is 15.2 Å². The molecule has 1 saturated heterocycles. The lowest BCUT2D eigenvalue weighted by Crippen LogP contribution is -2.56. The second kappa shape index (κ2) is 4.94. The van der Waals surface area contributed by atoms with Gasteiger partial charge in [0.05, 0.1) is 10.2 Å². The lowest BCUT2D eigenvalue weighted by molar-refractivity contribution is -0.119. The fourth-order valence-corrected chi connectivity index (χ4v) is 2.79. The van der Waals surface area contributed by atoms with Gasteiger partial charge in [-0.3, -0.25) is 20.2 Å². The van der Waals surface area contributed by atoms with Gasteiger partial charge in [-0.15, -0.1) is 10.2 Å². The molecule has 8 nitrogen and oxygen atoms in total. The van der Waals surface area contributed by atoms with Gasteiger partial charge in [-0.1, -0.05) is 23.5 Å². The monoisotopic (exact) mass is 303 g/mol. The number of thiazole rings is 1. The van der Waals surface area contributed by atoms with E-state index in [1.807, 2.05) is 41.9 Å². The molecule has 0 bridgehead atoms. The van der Waals surface area contributed by atoms with Gasteiger partial charge in [0.2, 0.25) is 10.5 Å². The molecule has 2 N–H and O–H groups in total. The number of imide groups is 2. The molecular weight excluding hydrogens is 294 g/mol. The summed E-state index contributed by atoms with van der Waals surface area (Å²) in [5.41, 5.74) is 0.515. The Balaban J connectivity index is 2.06. The molecule has 9 heteroatoms. The highest BCUT2D eigenvalue weighted by Gasteiger charge is 2.29. The molecule has 1 aliphatic heterocycles. The van der Waals surface area contributed by atoms with E-state index >= 15 is 0 Å². The highest BCUT2D eigenvalue weighted by Crippen LogP contribution is 2.15. The average Bonchev–Trinajstić information content (AvgIpc) is 2.75. The summed E-state index contributed by atoms with van der Waals surface area (Å²) in [4.78, 5) is 34.5. The van der Waals surface area contributed by atoms with Gasteiger partial charge in [0.1, 0.15) is 0 Å². The van der Waals surface area contributed by atoms with Crippen LogP contribution in [0.5, 0.6) is 0 Å². The molecule has 1 aliphatic rings. The Hall–Kier alpha value is -2.81. The van der Waals surface area contributed by atoms with Crippen molar-refractivity contribution in [2.24, 2.45) is 17.3 Å². The minimum Gasteiger partial charge on any atom is -0.318 e. The molecule has 0 atom stereocenters. The van der Waals surface area contributed by atoms with E-state index in [-0.39, 0.29) is 0 Å². The Morgan fingerprint density at radius 2 is 1.71 bits per heavy atom. The molecule has 4 amide bonds. The number of aromatic nitrogens is 1. The Bertz CT molecular complexity index is 854. The number of nitrogens with one attached hydrogen (secondary N) is 2. The number of aryl methyl sites for hydroxylation is 1. The number of amides is 4. The first-order chi connectivity index (χ1) is 10.1. The molecule has 3 rings (SSSR count). The first kappa shape index (κ1) is 13.2. The minimum absolute atomic E-state index is 0.452. The summed E-state index contributed by atoms with van der Waals surface area (Å²) >= 11 is 1.37. The number of carbonyl (C=O) groups excluding carboxylic acids is 3. The van der Waals surface area contributed by atoms with E-state index in [1.165, 1.54) is 11.3 Å². The van der Waals surface area contributed by atoms with E-state index < -0.39 is 23.6 Å². The summed E-state index contributed by atoms with van der Waals surface area (Å²) in [6.45, 7) is 0. The normalized spacial score (nSPS) is 16.1. The van der Waals surface area contributed by atoms with Crippen LogP contribution in [0.2, 0.25) is 0 Å². The third-order valence-corrected chi connectivity index (χ3v) is 3.94. The standard InChI is InChI=1S/C12H9N5O3S/c1-17-6-4-2-3-5-7(6)21-12(17)16-15-8-9(18)13-11(20)14-10(8)19/h2-5H,1H3,(H2,13,14,18,19,20)/b16-12-. The fraction of sp³-hybridized carbons (Fsp3) is 0.0833. The van der Waals surface area contributed by atoms with Gasteiger partial charge in [0, 0.05) is 7.05 Å². The van der Waals surface area contributed by atoms with Crippen molar-refractivity contribution in [2.45, 2.75) is 0 Å². The predicted molar refractivity (Wildman–Crippen MR) is 75.5 cm³/mol. The van der Waals surface area contributed by atoms with Crippen LogP contribution >= 0.6 is 11.3 Å². The molecule has 2 aromatic rings. The molecular formula is C12H9N5O3S. The number of hydrogen-bond acceptors (Lipinski definition) is 6. The van der Waals surface area contributed by atoms with Gasteiger partial charge in [-0.2, -0.15) is 0 Å². The summed E-state index contributed by atoms with van der Waals surface area (Å²) in [5, 5.41) is 11.5. The van der Waals surface area contributed by atoms with Crippen molar-refractivity contribution in [1.29, 1.82) is 0 Å². The smallest absolute Gasteiger partial charge is 0.318 e. The zero-order chi connectivity index (χ0) is 15.0. The third-order valence-electron chi connectivity index (χ3n) is 2.83. The first-order valence-corrected chi connectivity index (χ1v) is 6.71. The molecule has 1 aromatic heterocycles. The number of urea groups is 1. The van der Waals surface area contributed by atoms with Gasteiger partial charge in [-0.05, 0) is 12.1 Å². The zero-order valence-electron chi connectivity index (χ0n) is 10.8. The lowest BCUT2D eigenvalue weighted by atomic mass is 10.3. The SMILES string of the molecule is Cn1/c(=N/N=C2C(=O)NC(=O)NC2=O)sc2ccccc21. The molecule has 1 fully saturated rings. The maximum atomic E-state index is 11.5.